The molecule has 0 fully saturated rings. The van der Waals surface area contributed by atoms with Gasteiger partial charge >= 0.3 is 0 Å². The predicted molar refractivity (Wildman–Crippen MR) is 71.8 cm³/mol. The molecule has 0 aliphatic carbocycles. The van der Waals surface area contributed by atoms with Crippen LogP contribution < -0.4 is 20.0 Å². The van der Waals surface area contributed by atoms with E-state index >= 15 is 0 Å². The van der Waals surface area contributed by atoms with E-state index in [4.69, 9.17) is 19.2 Å². The molecule has 0 radical (unpaired) electrons. The molecule has 0 unspecified atom stereocenters. The van der Waals surface area contributed by atoms with E-state index in [-0.39, 0.29) is 0 Å². The van der Waals surface area contributed by atoms with Crippen LogP contribution in [0.15, 0.2) is 11.3 Å². The van der Waals surface area contributed by atoms with Gasteiger partial charge in [0.15, 0.2) is 6.19 Å². The Bertz CT molecular complexity index is 459. The standard InChI is InChI=1S/C10H16N6S.ClHO3/c1-8-9(16-7-15-8)5-17-4-3-13-10(12-2)14-6-11;2-1(3)4/h7H,3-5H2,1-2H3,(H,15,16)(H2,12,13,14);2H. The van der Waals surface area contributed by atoms with E-state index < -0.39 is 10.8 Å². The maximum atomic E-state index is 8.52. The Hall–Kier alpha value is -1.51. The van der Waals surface area contributed by atoms with Crippen molar-refractivity contribution < 1.29 is 24.8 Å². The smallest absolute Gasteiger partial charge is 0.282 e. The maximum Gasteiger partial charge on any atom is 0.282 e. The summed E-state index contributed by atoms with van der Waals surface area (Å²) in [5.41, 5.74) is 2.21. The number of halogens is 1. The summed E-state index contributed by atoms with van der Waals surface area (Å²) in [4.78, 5) is 11.2. The zero-order valence-corrected chi connectivity index (χ0v) is 13.2. The van der Waals surface area contributed by atoms with Gasteiger partial charge in [-0.05, 0) is 6.92 Å². The fourth-order valence-corrected chi connectivity index (χ4v) is 2.05. The van der Waals surface area contributed by atoms with Crippen LogP contribution in [0.5, 0.6) is 0 Å². The van der Waals surface area contributed by atoms with Gasteiger partial charge in [-0.1, -0.05) is 0 Å². The lowest BCUT2D eigenvalue weighted by Gasteiger charge is -2.06. The van der Waals surface area contributed by atoms with Gasteiger partial charge in [-0.2, -0.15) is 17.0 Å². The lowest BCUT2D eigenvalue weighted by molar-refractivity contribution is -1.63. The highest BCUT2D eigenvalue weighted by atomic mass is 35.6. The monoisotopic (exact) mass is 336 g/mol. The van der Waals surface area contributed by atoms with Gasteiger partial charge in [0.2, 0.25) is 5.96 Å². The summed E-state index contributed by atoms with van der Waals surface area (Å²) < 4.78 is 24.0. The number of aliphatic imine (C=N–C) groups is 1. The minimum absolute atomic E-state index is 0.504. The molecule has 4 N–H and O–H groups in total. The third-order valence-electron chi connectivity index (χ3n) is 2.11. The fourth-order valence-electron chi connectivity index (χ4n) is 1.18. The summed E-state index contributed by atoms with van der Waals surface area (Å²) >= 11 is 1.79. The van der Waals surface area contributed by atoms with Gasteiger partial charge in [0.05, 0.1) is 12.0 Å². The number of imidazole rings is 1. The summed E-state index contributed by atoms with van der Waals surface area (Å²) in [6, 6.07) is 0. The van der Waals surface area contributed by atoms with Crippen LogP contribution in [0, 0.1) is 29.2 Å². The lowest BCUT2D eigenvalue weighted by Crippen LogP contribution is -2.35. The average Bonchev–Trinajstić information content (AvgIpc) is 2.82. The van der Waals surface area contributed by atoms with E-state index in [9.17, 15) is 0 Å². The topological polar surface area (TPSA) is 155 Å². The molecule has 0 amide bonds. The highest BCUT2D eigenvalue weighted by molar-refractivity contribution is 7.98. The molecular weight excluding hydrogens is 320 g/mol. The molecule has 1 rings (SSSR count). The van der Waals surface area contributed by atoms with Crippen molar-refractivity contribution in [3.05, 3.63) is 17.7 Å². The summed E-state index contributed by atoms with van der Waals surface area (Å²) in [5.74, 6) is 2.32. The third kappa shape index (κ3) is 10.9. The second-order valence-electron chi connectivity index (χ2n) is 3.46. The van der Waals surface area contributed by atoms with Crippen molar-refractivity contribution in [1.82, 2.24) is 20.6 Å². The highest BCUT2D eigenvalue weighted by Crippen LogP contribution is 2.11. The Balaban J connectivity index is 0.000000885. The SMILES string of the molecule is CN=C(NC#N)NCCSCc1nc[nH]c1C.[O-][Cl+2]([O-])O. The van der Waals surface area contributed by atoms with Crippen LogP contribution in [0.2, 0.25) is 0 Å². The summed E-state index contributed by atoms with van der Waals surface area (Å²) in [6.07, 6.45) is 3.54. The van der Waals surface area contributed by atoms with Crippen LogP contribution in [-0.4, -0.2) is 39.9 Å². The first-order valence-electron chi connectivity index (χ1n) is 5.68. The van der Waals surface area contributed by atoms with Crippen molar-refractivity contribution in [3.8, 4) is 6.19 Å². The van der Waals surface area contributed by atoms with E-state index in [0.29, 0.717) is 5.96 Å². The first-order chi connectivity index (χ1) is 10.0. The molecule has 0 aliphatic rings. The molecule has 118 valence electrons. The van der Waals surface area contributed by atoms with Crippen LogP contribution in [0.3, 0.4) is 0 Å². The van der Waals surface area contributed by atoms with Crippen LogP contribution in [-0.2, 0) is 5.75 Å². The molecule has 0 bridgehead atoms. The number of guanidine groups is 1. The van der Waals surface area contributed by atoms with Gasteiger partial charge < -0.3 is 19.6 Å². The number of hydrogen-bond acceptors (Lipinski definition) is 7. The molecule has 0 aromatic carbocycles. The molecule has 0 saturated carbocycles. The number of aryl methyl sites for hydroxylation is 1. The van der Waals surface area contributed by atoms with E-state index in [1.54, 1.807) is 25.1 Å². The summed E-state index contributed by atoms with van der Waals surface area (Å²) in [7, 11) is -0.970. The van der Waals surface area contributed by atoms with Crippen molar-refractivity contribution in [1.29, 1.82) is 5.26 Å². The van der Waals surface area contributed by atoms with E-state index in [0.717, 1.165) is 29.4 Å². The molecular formula is C10H17ClN6O3S. The fraction of sp³-hybridized carbons (Fsp3) is 0.500. The maximum absolute atomic E-state index is 8.52. The Morgan fingerprint density at radius 3 is 2.81 bits per heavy atom. The molecule has 21 heavy (non-hydrogen) atoms. The van der Waals surface area contributed by atoms with Gasteiger partial charge in [0.25, 0.3) is 10.8 Å². The predicted octanol–water partition coefficient (Wildman–Crippen LogP) is -2.34. The third-order valence-corrected chi connectivity index (χ3v) is 3.08. The van der Waals surface area contributed by atoms with Gasteiger partial charge in [0, 0.05) is 35.5 Å². The molecule has 1 aromatic heterocycles. The molecule has 0 atom stereocenters. The van der Waals surface area contributed by atoms with Crippen molar-refractivity contribution in [3.63, 3.8) is 0 Å². The van der Waals surface area contributed by atoms with Crippen molar-refractivity contribution in [2.75, 3.05) is 19.3 Å². The normalized spacial score (nSPS) is 10.6. The molecule has 0 spiro atoms. The quantitative estimate of drug-likeness (QED) is 0.153. The summed E-state index contributed by atoms with van der Waals surface area (Å²) in [5, 5.41) is 13.9. The number of nitrogens with zero attached hydrogens (tertiary/aromatic N) is 3. The average molecular weight is 337 g/mol. The minimum atomic E-state index is -2.60. The van der Waals surface area contributed by atoms with Crippen LogP contribution in [0.1, 0.15) is 11.4 Å². The highest BCUT2D eigenvalue weighted by Gasteiger charge is 2.00. The minimum Gasteiger partial charge on any atom is -0.355 e. The first-order valence-corrected chi connectivity index (χ1v) is 7.79. The number of nitriles is 1. The molecule has 0 aliphatic heterocycles. The zero-order valence-electron chi connectivity index (χ0n) is 11.6. The van der Waals surface area contributed by atoms with Gasteiger partial charge in [0.1, 0.15) is 0 Å². The molecule has 1 heterocycles. The van der Waals surface area contributed by atoms with Gasteiger partial charge in [-0.15, -0.1) is 0 Å². The van der Waals surface area contributed by atoms with Gasteiger partial charge in [-0.3, -0.25) is 10.3 Å². The van der Waals surface area contributed by atoms with Crippen molar-refractivity contribution in [2.24, 2.45) is 4.99 Å². The largest absolute Gasteiger partial charge is 0.355 e. The number of aromatic amines is 1. The zero-order chi connectivity index (χ0) is 16.1. The number of nitrogens with one attached hydrogen (secondary N) is 3. The van der Waals surface area contributed by atoms with Crippen molar-refractivity contribution >= 4 is 17.7 Å². The second kappa shape index (κ2) is 12.2. The van der Waals surface area contributed by atoms with Crippen LogP contribution >= 0.6 is 11.8 Å². The molecule has 11 heteroatoms. The Labute approximate surface area is 129 Å². The van der Waals surface area contributed by atoms with E-state index in [1.807, 2.05) is 13.1 Å². The van der Waals surface area contributed by atoms with Crippen molar-refractivity contribution in [2.45, 2.75) is 12.7 Å². The number of H-pyrrole nitrogens is 1. The Morgan fingerprint density at radius 2 is 2.33 bits per heavy atom. The first kappa shape index (κ1) is 19.5. The Kier molecular flexibility index (Phi) is 11.4. The van der Waals surface area contributed by atoms with E-state index in [2.05, 4.69) is 25.6 Å². The molecule has 9 nitrogen and oxygen atoms in total. The Morgan fingerprint density at radius 1 is 1.67 bits per heavy atom. The number of hydrogen-bond donors (Lipinski definition) is 4. The lowest BCUT2D eigenvalue weighted by atomic mass is 10.4. The van der Waals surface area contributed by atoms with E-state index in [1.165, 1.54) is 0 Å². The van der Waals surface area contributed by atoms with Gasteiger partial charge in [-0.25, -0.2) is 4.98 Å². The number of rotatable bonds is 5. The van der Waals surface area contributed by atoms with Crippen LogP contribution in [0.4, 0.5) is 0 Å². The molecule has 0 saturated heterocycles. The molecule has 1 aromatic rings. The van der Waals surface area contributed by atoms with Crippen LogP contribution in [0.25, 0.3) is 0 Å². The number of thioether (sulfide) groups is 1. The second-order valence-corrected chi connectivity index (χ2v) is 4.97. The summed E-state index contributed by atoms with van der Waals surface area (Å²) in [6.45, 7) is 2.77. The number of aromatic nitrogens is 2.